The second-order valence-corrected chi connectivity index (χ2v) is 5.83. The first-order chi connectivity index (χ1) is 10.1. The van der Waals surface area contributed by atoms with E-state index >= 15 is 0 Å². The zero-order valence-electron chi connectivity index (χ0n) is 13.9. The number of ketones is 1. The molecule has 0 N–H and O–H groups in total. The fraction of sp³-hybridized carbons (Fsp3) is 0.778. The third kappa shape index (κ3) is 13.6. The summed E-state index contributed by atoms with van der Waals surface area (Å²) in [5.41, 5.74) is 0. The molecular weight excluding hydrogens is 264 g/mol. The van der Waals surface area contributed by atoms with E-state index in [0.717, 1.165) is 25.7 Å². The minimum absolute atomic E-state index is 0.0950. The number of Topliss-reactive ketones (excluding diaryl/α,β-unsaturated/α-hetero) is 1. The van der Waals surface area contributed by atoms with Gasteiger partial charge in [0, 0.05) is 12.8 Å². The van der Waals surface area contributed by atoms with Crippen molar-refractivity contribution in [3.05, 3.63) is 12.7 Å². The van der Waals surface area contributed by atoms with E-state index in [1.165, 1.54) is 25.7 Å². The number of ether oxygens (including phenoxy) is 1. The van der Waals surface area contributed by atoms with E-state index in [9.17, 15) is 9.59 Å². The third-order valence-electron chi connectivity index (χ3n) is 3.57. The molecule has 21 heavy (non-hydrogen) atoms. The van der Waals surface area contributed by atoms with Crippen LogP contribution in [0.15, 0.2) is 12.7 Å². The van der Waals surface area contributed by atoms with Gasteiger partial charge in [0.15, 0.2) is 0 Å². The quantitative estimate of drug-likeness (QED) is 0.262. The van der Waals surface area contributed by atoms with Gasteiger partial charge in [-0.05, 0) is 32.1 Å². The number of carbonyl (C=O) groups is 2. The van der Waals surface area contributed by atoms with E-state index in [4.69, 9.17) is 4.74 Å². The second-order valence-electron chi connectivity index (χ2n) is 5.83. The smallest absolute Gasteiger partial charge is 0.306 e. The molecule has 0 bridgehead atoms. The minimum Gasteiger partial charge on any atom is -0.466 e. The van der Waals surface area contributed by atoms with Crippen molar-refractivity contribution < 1.29 is 14.3 Å². The molecule has 3 heteroatoms. The molecule has 122 valence electrons. The minimum atomic E-state index is -0.168. The zero-order valence-corrected chi connectivity index (χ0v) is 13.9. The number of unbranched alkanes of at least 4 members (excludes halogenated alkanes) is 5. The molecule has 0 aliphatic carbocycles. The highest BCUT2D eigenvalue weighted by Crippen LogP contribution is 2.17. The van der Waals surface area contributed by atoms with Crippen molar-refractivity contribution in [1.82, 2.24) is 0 Å². The number of hydrogen-bond donors (Lipinski definition) is 0. The van der Waals surface area contributed by atoms with Gasteiger partial charge in [-0.15, -0.1) is 6.58 Å². The summed E-state index contributed by atoms with van der Waals surface area (Å²) in [5, 5.41) is 0. The Morgan fingerprint density at radius 2 is 1.76 bits per heavy atom. The summed E-state index contributed by atoms with van der Waals surface area (Å²) >= 11 is 0. The molecule has 0 amide bonds. The van der Waals surface area contributed by atoms with Crippen LogP contribution in [0.2, 0.25) is 0 Å². The number of carbonyl (C=O) groups excluding carboxylic acids is 2. The molecular formula is C18H32O3. The fourth-order valence-electron chi connectivity index (χ4n) is 2.40. The monoisotopic (exact) mass is 296 g/mol. The average molecular weight is 296 g/mol. The van der Waals surface area contributed by atoms with Crippen molar-refractivity contribution in [2.24, 2.45) is 5.92 Å². The van der Waals surface area contributed by atoms with E-state index in [1.54, 1.807) is 6.92 Å². The Labute approximate surface area is 130 Å². The summed E-state index contributed by atoms with van der Waals surface area (Å²) in [6, 6.07) is 0. The highest BCUT2D eigenvalue weighted by atomic mass is 16.5. The van der Waals surface area contributed by atoms with Gasteiger partial charge in [-0.25, -0.2) is 0 Å². The van der Waals surface area contributed by atoms with Crippen molar-refractivity contribution in [2.75, 3.05) is 6.61 Å². The van der Waals surface area contributed by atoms with Gasteiger partial charge in [0.25, 0.3) is 0 Å². The average Bonchev–Trinajstić information content (AvgIpc) is 2.43. The third-order valence-corrected chi connectivity index (χ3v) is 3.57. The lowest BCUT2D eigenvalue weighted by molar-refractivity contribution is -0.145. The summed E-state index contributed by atoms with van der Waals surface area (Å²) in [6.07, 6.45) is 11.4. The molecule has 0 radical (unpaired) electrons. The van der Waals surface area contributed by atoms with E-state index in [2.05, 4.69) is 13.5 Å². The first-order valence-electron chi connectivity index (χ1n) is 8.36. The molecule has 3 nitrogen and oxygen atoms in total. The zero-order chi connectivity index (χ0) is 15.9. The Morgan fingerprint density at radius 1 is 1.10 bits per heavy atom. The summed E-state index contributed by atoms with van der Waals surface area (Å²) < 4.78 is 5.26. The summed E-state index contributed by atoms with van der Waals surface area (Å²) in [5.74, 6) is 0.0595. The molecule has 0 aliphatic rings. The highest BCUT2D eigenvalue weighted by Gasteiger charge is 2.16. The Hall–Kier alpha value is -1.12. The van der Waals surface area contributed by atoms with Crippen LogP contribution in [0.4, 0.5) is 0 Å². The lowest BCUT2D eigenvalue weighted by Gasteiger charge is -2.13. The van der Waals surface area contributed by atoms with Crippen LogP contribution >= 0.6 is 0 Å². The van der Waals surface area contributed by atoms with Crippen LogP contribution in [0.1, 0.15) is 78.1 Å². The molecule has 0 rings (SSSR count). The van der Waals surface area contributed by atoms with Gasteiger partial charge in [-0.2, -0.15) is 0 Å². The van der Waals surface area contributed by atoms with Crippen LogP contribution in [0, 0.1) is 5.92 Å². The fourth-order valence-corrected chi connectivity index (χ4v) is 2.40. The molecule has 0 aliphatic heterocycles. The normalized spacial score (nSPS) is 11.9. The lowest BCUT2D eigenvalue weighted by Crippen LogP contribution is -2.14. The largest absolute Gasteiger partial charge is 0.466 e. The predicted molar refractivity (Wildman–Crippen MR) is 87.2 cm³/mol. The van der Waals surface area contributed by atoms with Crippen molar-refractivity contribution in [2.45, 2.75) is 78.1 Å². The van der Waals surface area contributed by atoms with E-state index in [1.807, 2.05) is 6.08 Å². The first kappa shape index (κ1) is 19.9. The van der Waals surface area contributed by atoms with Gasteiger partial charge in [0.05, 0.1) is 6.61 Å². The first-order valence-corrected chi connectivity index (χ1v) is 8.36. The van der Waals surface area contributed by atoms with Crippen LogP contribution in [0.25, 0.3) is 0 Å². The molecule has 0 aromatic rings. The molecule has 0 aromatic carbocycles. The van der Waals surface area contributed by atoms with Gasteiger partial charge >= 0.3 is 5.97 Å². The standard InChI is InChI=1S/C18H32O3/c1-4-6-8-9-10-11-13-21-18(20)15-17(12-7-5-2)14-16(3)19/h5,17H,2,4,6-15H2,1,3H3. The predicted octanol–water partition coefficient (Wildman–Crippen LogP) is 4.84. The van der Waals surface area contributed by atoms with Crippen molar-refractivity contribution in [1.29, 1.82) is 0 Å². The molecule has 0 saturated heterocycles. The van der Waals surface area contributed by atoms with Crippen LogP contribution in [-0.4, -0.2) is 18.4 Å². The number of allylic oxidation sites excluding steroid dienone is 1. The number of hydrogen-bond acceptors (Lipinski definition) is 3. The van der Waals surface area contributed by atoms with E-state index in [0.29, 0.717) is 19.4 Å². The molecule has 1 atom stereocenters. The maximum absolute atomic E-state index is 11.8. The lowest BCUT2D eigenvalue weighted by atomic mass is 9.94. The number of rotatable bonds is 14. The second kappa shape index (κ2) is 13.8. The van der Waals surface area contributed by atoms with Gasteiger partial charge in [-0.1, -0.05) is 45.1 Å². The van der Waals surface area contributed by atoms with E-state index in [-0.39, 0.29) is 17.7 Å². The Kier molecular flexibility index (Phi) is 13.1. The molecule has 0 saturated carbocycles. The summed E-state index contributed by atoms with van der Waals surface area (Å²) in [4.78, 5) is 23.0. The van der Waals surface area contributed by atoms with Crippen LogP contribution in [0.3, 0.4) is 0 Å². The maximum atomic E-state index is 11.8. The highest BCUT2D eigenvalue weighted by molar-refractivity contribution is 5.77. The summed E-state index contributed by atoms with van der Waals surface area (Å²) in [6.45, 7) is 7.97. The SMILES string of the molecule is C=CCCC(CC(C)=O)CC(=O)OCCCCCCCC. The molecule has 0 fully saturated rings. The van der Waals surface area contributed by atoms with Crippen molar-refractivity contribution >= 4 is 11.8 Å². The Morgan fingerprint density at radius 3 is 2.38 bits per heavy atom. The van der Waals surface area contributed by atoms with Crippen LogP contribution in [0.5, 0.6) is 0 Å². The summed E-state index contributed by atoms with van der Waals surface area (Å²) in [7, 11) is 0. The number of esters is 1. The van der Waals surface area contributed by atoms with Crippen molar-refractivity contribution in [3.8, 4) is 0 Å². The molecule has 1 unspecified atom stereocenters. The van der Waals surface area contributed by atoms with E-state index < -0.39 is 0 Å². The molecule has 0 aromatic heterocycles. The maximum Gasteiger partial charge on any atom is 0.306 e. The van der Waals surface area contributed by atoms with Gasteiger partial charge in [0.1, 0.15) is 5.78 Å². The van der Waals surface area contributed by atoms with Crippen molar-refractivity contribution in [3.63, 3.8) is 0 Å². The van der Waals surface area contributed by atoms with Gasteiger partial charge in [-0.3, -0.25) is 4.79 Å². The van der Waals surface area contributed by atoms with Crippen LogP contribution in [-0.2, 0) is 14.3 Å². The van der Waals surface area contributed by atoms with Crippen LogP contribution < -0.4 is 0 Å². The topological polar surface area (TPSA) is 43.4 Å². The Bertz CT molecular complexity index is 297. The van der Waals surface area contributed by atoms with Gasteiger partial charge < -0.3 is 9.53 Å². The van der Waals surface area contributed by atoms with Gasteiger partial charge in [0.2, 0.25) is 0 Å². The molecule has 0 spiro atoms. The molecule has 0 heterocycles. The Balaban J connectivity index is 3.76.